The second-order valence-electron chi connectivity index (χ2n) is 4.63. The van der Waals surface area contributed by atoms with Crippen LogP contribution in [0.15, 0.2) is 29.2 Å². The first-order chi connectivity index (χ1) is 8.29. The van der Waals surface area contributed by atoms with Gasteiger partial charge in [-0.05, 0) is 43.2 Å². The van der Waals surface area contributed by atoms with Gasteiger partial charge in [0, 0.05) is 24.1 Å². The molecule has 2 nitrogen and oxygen atoms in total. The predicted molar refractivity (Wildman–Crippen MR) is 73.6 cm³/mol. The smallest absolute Gasteiger partial charge is 0.0507 e. The van der Waals surface area contributed by atoms with Crippen molar-refractivity contribution < 1.29 is 4.74 Å². The number of rotatable bonds is 5. The highest BCUT2D eigenvalue weighted by Gasteiger charge is 2.16. The highest BCUT2D eigenvalue weighted by atomic mass is 32.2. The summed E-state index contributed by atoms with van der Waals surface area (Å²) in [4.78, 5) is 1.32. The molecule has 0 aromatic heterocycles. The van der Waals surface area contributed by atoms with Crippen LogP contribution >= 0.6 is 11.8 Å². The summed E-state index contributed by atoms with van der Waals surface area (Å²) in [6.07, 6.45) is 3.31. The van der Waals surface area contributed by atoms with E-state index in [4.69, 9.17) is 4.74 Å². The first-order valence-electron chi connectivity index (χ1n) is 6.24. The van der Waals surface area contributed by atoms with Gasteiger partial charge in [-0.3, -0.25) is 0 Å². The van der Waals surface area contributed by atoms with Gasteiger partial charge in [-0.1, -0.05) is 12.1 Å². The number of hydrogen-bond acceptors (Lipinski definition) is 3. The summed E-state index contributed by atoms with van der Waals surface area (Å²) >= 11 is 1.79. The number of thioether (sulfide) groups is 1. The molecule has 0 aliphatic carbocycles. The lowest BCUT2D eigenvalue weighted by Crippen LogP contribution is -2.25. The first kappa shape index (κ1) is 12.9. The fourth-order valence-electron chi connectivity index (χ4n) is 2.10. The Morgan fingerprint density at radius 3 is 2.76 bits per heavy atom. The van der Waals surface area contributed by atoms with Gasteiger partial charge in [0.1, 0.15) is 0 Å². The fraction of sp³-hybridized carbons (Fsp3) is 0.571. The Morgan fingerprint density at radius 2 is 2.18 bits per heavy atom. The lowest BCUT2D eigenvalue weighted by molar-refractivity contribution is 0.184. The number of ether oxygens (including phenoxy) is 1. The van der Waals surface area contributed by atoms with E-state index >= 15 is 0 Å². The van der Waals surface area contributed by atoms with Crippen molar-refractivity contribution in [3.05, 3.63) is 29.8 Å². The van der Waals surface area contributed by atoms with Crippen LogP contribution < -0.4 is 5.32 Å². The van der Waals surface area contributed by atoms with Crippen molar-refractivity contribution in [1.82, 2.24) is 5.32 Å². The molecule has 3 heteroatoms. The van der Waals surface area contributed by atoms with E-state index in [2.05, 4.69) is 42.8 Å². The van der Waals surface area contributed by atoms with E-state index in [9.17, 15) is 0 Å². The quantitative estimate of drug-likeness (QED) is 0.813. The van der Waals surface area contributed by atoms with Crippen molar-refractivity contribution in [3.8, 4) is 0 Å². The molecule has 1 aromatic carbocycles. The zero-order valence-corrected chi connectivity index (χ0v) is 11.4. The maximum Gasteiger partial charge on any atom is 0.0507 e. The average molecular weight is 251 g/mol. The Balaban J connectivity index is 1.83. The molecule has 0 saturated carbocycles. The van der Waals surface area contributed by atoms with Crippen molar-refractivity contribution in [2.24, 2.45) is 5.92 Å². The molecule has 1 aromatic rings. The molecule has 1 fully saturated rings. The van der Waals surface area contributed by atoms with Crippen molar-refractivity contribution in [3.63, 3.8) is 0 Å². The molecule has 94 valence electrons. The SMILES string of the molecule is CSc1ccc(C(C)NCC2CCOC2)cc1. The third-order valence-corrected chi connectivity index (χ3v) is 4.10. The highest BCUT2D eigenvalue weighted by Crippen LogP contribution is 2.19. The summed E-state index contributed by atoms with van der Waals surface area (Å²) in [6, 6.07) is 9.24. The van der Waals surface area contributed by atoms with Gasteiger partial charge < -0.3 is 10.1 Å². The number of benzene rings is 1. The van der Waals surface area contributed by atoms with E-state index in [0.717, 1.165) is 19.8 Å². The van der Waals surface area contributed by atoms with Crippen LogP contribution in [0.1, 0.15) is 24.9 Å². The second-order valence-corrected chi connectivity index (χ2v) is 5.51. The monoisotopic (exact) mass is 251 g/mol. The molecule has 0 radical (unpaired) electrons. The molecule has 1 N–H and O–H groups in total. The Morgan fingerprint density at radius 1 is 1.41 bits per heavy atom. The van der Waals surface area contributed by atoms with E-state index in [1.165, 1.54) is 16.9 Å². The maximum absolute atomic E-state index is 5.38. The molecule has 2 unspecified atom stereocenters. The summed E-state index contributed by atoms with van der Waals surface area (Å²) in [7, 11) is 0. The molecule has 1 aliphatic rings. The molecule has 1 heterocycles. The van der Waals surface area contributed by atoms with E-state index in [1.807, 2.05) is 0 Å². The van der Waals surface area contributed by atoms with Crippen LogP contribution in [0.2, 0.25) is 0 Å². The largest absolute Gasteiger partial charge is 0.381 e. The minimum Gasteiger partial charge on any atom is -0.381 e. The predicted octanol–water partition coefficient (Wildman–Crippen LogP) is 3.10. The minimum atomic E-state index is 0.423. The fourth-order valence-corrected chi connectivity index (χ4v) is 2.51. The first-order valence-corrected chi connectivity index (χ1v) is 7.47. The van der Waals surface area contributed by atoms with E-state index in [1.54, 1.807) is 11.8 Å². The normalized spacial score (nSPS) is 21.6. The third kappa shape index (κ3) is 3.73. The van der Waals surface area contributed by atoms with Crippen LogP contribution in [0.3, 0.4) is 0 Å². The van der Waals surface area contributed by atoms with E-state index in [0.29, 0.717) is 12.0 Å². The van der Waals surface area contributed by atoms with Crippen LogP contribution in [-0.4, -0.2) is 26.0 Å². The molecule has 0 bridgehead atoms. The second kappa shape index (κ2) is 6.43. The molecular formula is C14H21NOS. The molecular weight excluding hydrogens is 230 g/mol. The Labute approximate surface area is 108 Å². The number of nitrogens with one attached hydrogen (secondary N) is 1. The lowest BCUT2D eigenvalue weighted by atomic mass is 10.1. The van der Waals surface area contributed by atoms with Crippen molar-refractivity contribution in [1.29, 1.82) is 0 Å². The van der Waals surface area contributed by atoms with Crippen molar-refractivity contribution in [2.75, 3.05) is 26.0 Å². The summed E-state index contributed by atoms with van der Waals surface area (Å²) in [5.74, 6) is 0.697. The van der Waals surface area contributed by atoms with Gasteiger partial charge in [0.05, 0.1) is 6.61 Å². The molecule has 17 heavy (non-hydrogen) atoms. The molecule has 0 amide bonds. The third-order valence-electron chi connectivity index (χ3n) is 3.35. The van der Waals surface area contributed by atoms with Gasteiger partial charge >= 0.3 is 0 Å². The molecule has 2 atom stereocenters. The van der Waals surface area contributed by atoms with Crippen LogP contribution in [0.25, 0.3) is 0 Å². The minimum absolute atomic E-state index is 0.423. The standard InChI is InChI=1S/C14H21NOS/c1-11(15-9-12-7-8-16-10-12)13-3-5-14(17-2)6-4-13/h3-6,11-12,15H,7-10H2,1-2H3. The number of hydrogen-bond donors (Lipinski definition) is 1. The average Bonchev–Trinajstić information content (AvgIpc) is 2.89. The van der Waals surface area contributed by atoms with Gasteiger partial charge in [0.15, 0.2) is 0 Å². The lowest BCUT2D eigenvalue weighted by Gasteiger charge is -2.17. The molecule has 1 aliphatic heterocycles. The van der Waals surface area contributed by atoms with Gasteiger partial charge in [-0.15, -0.1) is 11.8 Å². The Hall–Kier alpha value is -0.510. The zero-order chi connectivity index (χ0) is 12.1. The van der Waals surface area contributed by atoms with E-state index < -0.39 is 0 Å². The van der Waals surface area contributed by atoms with Crippen LogP contribution in [0, 0.1) is 5.92 Å². The van der Waals surface area contributed by atoms with Crippen LogP contribution in [0.4, 0.5) is 0 Å². The molecule has 2 rings (SSSR count). The van der Waals surface area contributed by atoms with Crippen LogP contribution in [-0.2, 0) is 4.74 Å². The highest BCUT2D eigenvalue weighted by molar-refractivity contribution is 7.98. The van der Waals surface area contributed by atoms with Crippen LogP contribution in [0.5, 0.6) is 0 Å². The zero-order valence-electron chi connectivity index (χ0n) is 10.6. The van der Waals surface area contributed by atoms with E-state index in [-0.39, 0.29) is 0 Å². The summed E-state index contributed by atoms with van der Waals surface area (Å²) < 4.78 is 5.38. The Bertz CT molecular complexity index is 333. The summed E-state index contributed by atoms with van der Waals surface area (Å²) in [5.41, 5.74) is 1.36. The van der Waals surface area contributed by atoms with Gasteiger partial charge in [0.2, 0.25) is 0 Å². The van der Waals surface area contributed by atoms with Gasteiger partial charge in [-0.2, -0.15) is 0 Å². The van der Waals surface area contributed by atoms with Gasteiger partial charge in [0.25, 0.3) is 0 Å². The summed E-state index contributed by atoms with van der Waals surface area (Å²) in [5, 5.41) is 3.59. The topological polar surface area (TPSA) is 21.3 Å². The Kier molecular flexibility index (Phi) is 4.89. The van der Waals surface area contributed by atoms with Crippen molar-refractivity contribution in [2.45, 2.75) is 24.3 Å². The maximum atomic E-state index is 5.38. The van der Waals surface area contributed by atoms with Gasteiger partial charge in [-0.25, -0.2) is 0 Å². The summed E-state index contributed by atoms with van der Waals surface area (Å²) in [6.45, 7) is 5.14. The molecule has 1 saturated heterocycles. The van der Waals surface area contributed by atoms with Crippen molar-refractivity contribution >= 4 is 11.8 Å². The molecule has 0 spiro atoms.